The maximum absolute atomic E-state index is 9.09. The highest BCUT2D eigenvalue weighted by molar-refractivity contribution is 4.97. The maximum Gasteiger partial charge on any atom is 0.143 e. The van der Waals surface area contributed by atoms with Crippen molar-refractivity contribution >= 4 is 0 Å². The van der Waals surface area contributed by atoms with Crippen molar-refractivity contribution in [3.63, 3.8) is 0 Å². The molecule has 0 spiro atoms. The number of hydrogen-bond donors (Lipinski definition) is 1. The van der Waals surface area contributed by atoms with Gasteiger partial charge in [0.1, 0.15) is 6.10 Å². The Hall–Kier alpha value is -0.810. The number of nitriles is 1. The molecule has 2 unspecified atom stereocenters. The summed E-state index contributed by atoms with van der Waals surface area (Å²) in [5.74, 6) is 0.176. The van der Waals surface area contributed by atoms with Crippen molar-refractivity contribution in [2.24, 2.45) is 5.92 Å². The number of aliphatic hydroxyl groups excluding tert-OH is 1. The standard InChI is InChI=1S/C8H11NO/c9-6-8(10)7-4-2-1-3-5-7/h1-2,7-8,10H,3-5H2. The second kappa shape index (κ2) is 3.38. The minimum Gasteiger partial charge on any atom is -0.378 e. The van der Waals surface area contributed by atoms with E-state index in [2.05, 4.69) is 6.08 Å². The van der Waals surface area contributed by atoms with Crippen LogP contribution in [0.15, 0.2) is 12.2 Å². The average molecular weight is 137 g/mol. The van der Waals surface area contributed by atoms with Crippen molar-refractivity contribution in [1.82, 2.24) is 0 Å². The fourth-order valence-electron chi connectivity index (χ4n) is 1.21. The van der Waals surface area contributed by atoms with Crippen molar-refractivity contribution in [1.29, 1.82) is 5.26 Å². The SMILES string of the molecule is N#CC(O)C1CC=CCC1. The summed E-state index contributed by atoms with van der Waals surface area (Å²) in [6.45, 7) is 0. The Morgan fingerprint density at radius 2 is 2.40 bits per heavy atom. The minimum atomic E-state index is -0.759. The zero-order valence-corrected chi connectivity index (χ0v) is 5.83. The monoisotopic (exact) mass is 137 g/mol. The van der Waals surface area contributed by atoms with Gasteiger partial charge in [0, 0.05) is 5.92 Å². The second-order valence-electron chi connectivity index (χ2n) is 2.62. The predicted molar refractivity (Wildman–Crippen MR) is 38.1 cm³/mol. The molecule has 1 rings (SSSR count). The average Bonchev–Trinajstić information content (AvgIpc) is 2.05. The summed E-state index contributed by atoms with van der Waals surface area (Å²) in [5.41, 5.74) is 0. The Morgan fingerprint density at radius 1 is 1.60 bits per heavy atom. The fourth-order valence-corrected chi connectivity index (χ4v) is 1.21. The van der Waals surface area contributed by atoms with Gasteiger partial charge in [-0.1, -0.05) is 12.2 Å². The third kappa shape index (κ3) is 1.58. The molecular formula is C8H11NO. The molecule has 1 aliphatic rings. The van der Waals surface area contributed by atoms with Gasteiger partial charge in [-0.2, -0.15) is 5.26 Å². The third-order valence-electron chi connectivity index (χ3n) is 1.89. The molecule has 2 heteroatoms. The molecule has 0 aromatic carbocycles. The zero-order chi connectivity index (χ0) is 7.40. The van der Waals surface area contributed by atoms with Crippen LogP contribution in [0.2, 0.25) is 0 Å². The van der Waals surface area contributed by atoms with Gasteiger partial charge in [0.15, 0.2) is 0 Å². The first kappa shape index (κ1) is 7.30. The van der Waals surface area contributed by atoms with Crippen molar-refractivity contribution in [2.45, 2.75) is 25.4 Å². The lowest BCUT2D eigenvalue weighted by Crippen LogP contribution is -2.18. The Morgan fingerprint density at radius 3 is 2.90 bits per heavy atom. The van der Waals surface area contributed by atoms with Gasteiger partial charge in [0.2, 0.25) is 0 Å². The van der Waals surface area contributed by atoms with Crippen LogP contribution in [0, 0.1) is 17.2 Å². The molecule has 0 bridgehead atoms. The summed E-state index contributed by atoms with van der Waals surface area (Å²) in [7, 11) is 0. The van der Waals surface area contributed by atoms with Crippen molar-refractivity contribution in [2.75, 3.05) is 0 Å². The number of aliphatic hydroxyl groups is 1. The topological polar surface area (TPSA) is 44.0 Å². The van der Waals surface area contributed by atoms with E-state index in [9.17, 15) is 0 Å². The Kier molecular flexibility index (Phi) is 2.47. The summed E-state index contributed by atoms with van der Waals surface area (Å²) in [5, 5.41) is 17.5. The molecule has 0 aromatic rings. The lowest BCUT2D eigenvalue weighted by molar-refractivity contribution is 0.152. The Labute approximate surface area is 60.8 Å². The summed E-state index contributed by atoms with van der Waals surface area (Å²) < 4.78 is 0. The van der Waals surface area contributed by atoms with Crippen LogP contribution in [-0.2, 0) is 0 Å². The zero-order valence-electron chi connectivity index (χ0n) is 5.83. The fraction of sp³-hybridized carbons (Fsp3) is 0.625. The smallest absolute Gasteiger partial charge is 0.143 e. The molecule has 10 heavy (non-hydrogen) atoms. The molecule has 0 aromatic heterocycles. The van der Waals surface area contributed by atoms with Crippen LogP contribution < -0.4 is 0 Å². The molecule has 0 aliphatic heterocycles. The molecular weight excluding hydrogens is 126 g/mol. The quantitative estimate of drug-likeness (QED) is 0.436. The molecule has 0 saturated carbocycles. The van der Waals surface area contributed by atoms with Crippen LogP contribution in [-0.4, -0.2) is 11.2 Å². The molecule has 0 amide bonds. The molecule has 0 heterocycles. The molecule has 54 valence electrons. The van der Waals surface area contributed by atoms with E-state index in [1.807, 2.05) is 12.1 Å². The van der Waals surface area contributed by atoms with E-state index in [-0.39, 0.29) is 5.92 Å². The summed E-state index contributed by atoms with van der Waals surface area (Å²) in [6.07, 6.45) is 6.18. The van der Waals surface area contributed by atoms with Crippen LogP contribution in [0.3, 0.4) is 0 Å². The molecule has 2 nitrogen and oxygen atoms in total. The molecule has 1 N–H and O–H groups in total. The lowest BCUT2D eigenvalue weighted by atomic mass is 9.90. The Bertz CT molecular complexity index is 169. The first-order valence-electron chi connectivity index (χ1n) is 3.57. The number of rotatable bonds is 1. The number of hydrogen-bond acceptors (Lipinski definition) is 2. The summed E-state index contributed by atoms with van der Waals surface area (Å²) in [4.78, 5) is 0. The third-order valence-corrected chi connectivity index (χ3v) is 1.89. The van der Waals surface area contributed by atoms with Gasteiger partial charge in [0.25, 0.3) is 0 Å². The molecule has 0 fully saturated rings. The minimum absolute atomic E-state index is 0.176. The lowest BCUT2D eigenvalue weighted by Gasteiger charge is -2.17. The van der Waals surface area contributed by atoms with E-state index < -0.39 is 6.10 Å². The van der Waals surface area contributed by atoms with E-state index in [0.717, 1.165) is 19.3 Å². The van der Waals surface area contributed by atoms with E-state index in [0.29, 0.717) is 0 Å². The van der Waals surface area contributed by atoms with Gasteiger partial charge < -0.3 is 5.11 Å². The van der Waals surface area contributed by atoms with Crippen LogP contribution in [0.4, 0.5) is 0 Å². The van der Waals surface area contributed by atoms with E-state index >= 15 is 0 Å². The highest BCUT2D eigenvalue weighted by Crippen LogP contribution is 2.20. The second-order valence-corrected chi connectivity index (χ2v) is 2.62. The first-order chi connectivity index (χ1) is 4.84. The number of allylic oxidation sites excluding steroid dienone is 2. The van der Waals surface area contributed by atoms with Crippen LogP contribution in [0.25, 0.3) is 0 Å². The van der Waals surface area contributed by atoms with Crippen LogP contribution in [0.1, 0.15) is 19.3 Å². The van der Waals surface area contributed by atoms with E-state index in [1.54, 1.807) is 0 Å². The van der Waals surface area contributed by atoms with E-state index in [4.69, 9.17) is 10.4 Å². The highest BCUT2D eigenvalue weighted by atomic mass is 16.3. The van der Waals surface area contributed by atoms with Gasteiger partial charge in [-0.3, -0.25) is 0 Å². The summed E-state index contributed by atoms with van der Waals surface area (Å²) >= 11 is 0. The van der Waals surface area contributed by atoms with Gasteiger partial charge in [-0.05, 0) is 19.3 Å². The first-order valence-corrected chi connectivity index (χ1v) is 3.57. The van der Waals surface area contributed by atoms with Gasteiger partial charge >= 0.3 is 0 Å². The van der Waals surface area contributed by atoms with Crippen LogP contribution in [0.5, 0.6) is 0 Å². The molecule has 0 radical (unpaired) electrons. The Balaban J connectivity index is 2.43. The van der Waals surface area contributed by atoms with Crippen LogP contribution >= 0.6 is 0 Å². The van der Waals surface area contributed by atoms with Crippen molar-refractivity contribution in [3.8, 4) is 6.07 Å². The van der Waals surface area contributed by atoms with Gasteiger partial charge in [0.05, 0.1) is 6.07 Å². The van der Waals surface area contributed by atoms with E-state index in [1.165, 1.54) is 0 Å². The number of nitrogens with zero attached hydrogens (tertiary/aromatic N) is 1. The molecule has 2 atom stereocenters. The van der Waals surface area contributed by atoms with Crippen molar-refractivity contribution < 1.29 is 5.11 Å². The van der Waals surface area contributed by atoms with Gasteiger partial charge in [-0.15, -0.1) is 0 Å². The highest BCUT2D eigenvalue weighted by Gasteiger charge is 2.17. The predicted octanol–water partition coefficient (Wildman–Crippen LogP) is 1.23. The molecule has 1 aliphatic carbocycles. The van der Waals surface area contributed by atoms with Crippen molar-refractivity contribution in [3.05, 3.63) is 12.2 Å². The maximum atomic E-state index is 9.09. The normalized spacial score (nSPS) is 27.4. The van der Waals surface area contributed by atoms with Gasteiger partial charge in [-0.25, -0.2) is 0 Å². The molecule has 0 saturated heterocycles. The summed E-state index contributed by atoms with van der Waals surface area (Å²) in [6, 6.07) is 1.86. The largest absolute Gasteiger partial charge is 0.378 e.